The first-order valence-electron chi connectivity index (χ1n) is 9.45. The number of primary amides is 1. The SMILES string of the molecule is NC(=O)Cc1cc2cccc(N3CCN(Cc4ccccc4)CC3)c2oc1=O. The highest BCUT2D eigenvalue weighted by molar-refractivity contribution is 5.90. The van der Waals surface area contributed by atoms with Gasteiger partial charge in [-0.15, -0.1) is 0 Å². The zero-order valence-electron chi connectivity index (χ0n) is 15.6. The summed E-state index contributed by atoms with van der Waals surface area (Å²) in [4.78, 5) is 28.1. The van der Waals surface area contributed by atoms with E-state index in [4.69, 9.17) is 10.2 Å². The average molecular weight is 377 g/mol. The number of hydrogen-bond acceptors (Lipinski definition) is 5. The summed E-state index contributed by atoms with van der Waals surface area (Å²) in [7, 11) is 0. The van der Waals surface area contributed by atoms with Gasteiger partial charge in [-0.2, -0.15) is 0 Å². The molecule has 28 heavy (non-hydrogen) atoms. The molecule has 0 saturated carbocycles. The number of nitrogens with two attached hydrogens (primary N) is 1. The fraction of sp³-hybridized carbons (Fsp3) is 0.273. The van der Waals surface area contributed by atoms with Crippen LogP contribution >= 0.6 is 0 Å². The number of carbonyl (C=O) groups is 1. The minimum atomic E-state index is -0.544. The van der Waals surface area contributed by atoms with E-state index < -0.39 is 11.5 Å². The molecule has 0 radical (unpaired) electrons. The summed E-state index contributed by atoms with van der Waals surface area (Å²) < 4.78 is 5.58. The Morgan fingerprint density at radius 2 is 1.75 bits per heavy atom. The molecule has 4 rings (SSSR count). The van der Waals surface area contributed by atoms with Crippen molar-refractivity contribution in [3.63, 3.8) is 0 Å². The molecular weight excluding hydrogens is 354 g/mol. The monoisotopic (exact) mass is 377 g/mol. The Bertz CT molecular complexity index is 1040. The molecule has 3 aromatic rings. The first kappa shape index (κ1) is 18.3. The van der Waals surface area contributed by atoms with E-state index in [0.29, 0.717) is 11.1 Å². The van der Waals surface area contributed by atoms with Crippen LogP contribution in [0.1, 0.15) is 11.1 Å². The Hall–Kier alpha value is -3.12. The maximum Gasteiger partial charge on any atom is 0.340 e. The van der Waals surface area contributed by atoms with Crippen LogP contribution in [0, 0.1) is 0 Å². The molecule has 144 valence electrons. The van der Waals surface area contributed by atoms with Crippen LogP contribution < -0.4 is 16.3 Å². The molecule has 2 N–H and O–H groups in total. The van der Waals surface area contributed by atoms with Gasteiger partial charge in [0.2, 0.25) is 5.91 Å². The molecule has 0 aliphatic carbocycles. The maximum atomic E-state index is 12.3. The predicted molar refractivity (Wildman–Crippen MR) is 109 cm³/mol. The van der Waals surface area contributed by atoms with Crippen LogP contribution in [0.25, 0.3) is 11.0 Å². The Morgan fingerprint density at radius 1 is 1.00 bits per heavy atom. The quantitative estimate of drug-likeness (QED) is 0.689. The van der Waals surface area contributed by atoms with Crippen molar-refractivity contribution in [2.75, 3.05) is 31.1 Å². The van der Waals surface area contributed by atoms with Crippen molar-refractivity contribution in [3.05, 3.63) is 76.1 Å². The second-order valence-electron chi connectivity index (χ2n) is 7.15. The zero-order chi connectivity index (χ0) is 19.5. The van der Waals surface area contributed by atoms with Gasteiger partial charge in [-0.3, -0.25) is 9.69 Å². The molecule has 1 saturated heterocycles. The highest BCUT2D eigenvalue weighted by Gasteiger charge is 2.20. The smallest absolute Gasteiger partial charge is 0.340 e. The van der Waals surface area contributed by atoms with E-state index in [1.807, 2.05) is 24.3 Å². The van der Waals surface area contributed by atoms with Crippen molar-refractivity contribution in [2.24, 2.45) is 5.73 Å². The van der Waals surface area contributed by atoms with Gasteiger partial charge in [0.25, 0.3) is 0 Å². The topological polar surface area (TPSA) is 79.8 Å². The summed E-state index contributed by atoms with van der Waals surface area (Å²) in [5.74, 6) is -0.544. The number of piperazine rings is 1. The van der Waals surface area contributed by atoms with Gasteiger partial charge >= 0.3 is 5.63 Å². The number of para-hydroxylation sites is 1. The molecule has 1 aromatic heterocycles. The number of amides is 1. The number of anilines is 1. The van der Waals surface area contributed by atoms with Gasteiger partial charge in [0.15, 0.2) is 5.58 Å². The average Bonchev–Trinajstić information content (AvgIpc) is 2.69. The van der Waals surface area contributed by atoms with Gasteiger partial charge in [0.1, 0.15) is 0 Å². The fourth-order valence-corrected chi connectivity index (χ4v) is 3.72. The number of hydrogen-bond donors (Lipinski definition) is 1. The van der Waals surface area contributed by atoms with Crippen molar-refractivity contribution >= 4 is 22.6 Å². The van der Waals surface area contributed by atoms with Gasteiger partial charge in [0, 0.05) is 43.7 Å². The van der Waals surface area contributed by atoms with Gasteiger partial charge in [-0.05, 0) is 17.7 Å². The number of rotatable bonds is 5. The van der Waals surface area contributed by atoms with Crippen LogP contribution in [0.15, 0.2) is 63.8 Å². The normalized spacial score (nSPS) is 15.1. The van der Waals surface area contributed by atoms with E-state index in [9.17, 15) is 9.59 Å². The minimum absolute atomic E-state index is 0.110. The molecule has 0 bridgehead atoms. The molecule has 2 aromatic carbocycles. The van der Waals surface area contributed by atoms with E-state index in [1.54, 1.807) is 6.07 Å². The molecule has 2 heterocycles. The van der Waals surface area contributed by atoms with E-state index in [1.165, 1.54) is 5.56 Å². The predicted octanol–water partition coefficient (Wildman–Crippen LogP) is 2.14. The lowest BCUT2D eigenvalue weighted by molar-refractivity contribution is -0.117. The molecule has 1 aliphatic rings. The highest BCUT2D eigenvalue weighted by atomic mass is 16.4. The van der Waals surface area contributed by atoms with Crippen LogP contribution in [0.2, 0.25) is 0 Å². The molecule has 0 spiro atoms. The minimum Gasteiger partial charge on any atom is -0.420 e. The summed E-state index contributed by atoms with van der Waals surface area (Å²) in [6, 6.07) is 18.0. The van der Waals surface area contributed by atoms with Gasteiger partial charge in [0.05, 0.1) is 12.1 Å². The van der Waals surface area contributed by atoms with Gasteiger partial charge in [-0.1, -0.05) is 42.5 Å². The Morgan fingerprint density at radius 3 is 2.46 bits per heavy atom. The summed E-state index contributed by atoms with van der Waals surface area (Å²) >= 11 is 0. The highest BCUT2D eigenvalue weighted by Crippen LogP contribution is 2.27. The van der Waals surface area contributed by atoms with Crippen LogP contribution in [0.4, 0.5) is 5.69 Å². The molecule has 1 amide bonds. The molecule has 6 heteroatoms. The Labute approximate surface area is 163 Å². The third kappa shape index (κ3) is 3.92. The van der Waals surface area contributed by atoms with E-state index in [0.717, 1.165) is 43.8 Å². The van der Waals surface area contributed by atoms with Crippen molar-refractivity contribution in [2.45, 2.75) is 13.0 Å². The van der Waals surface area contributed by atoms with Crippen LogP contribution in [0.3, 0.4) is 0 Å². The molecule has 0 atom stereocenters. The summed E-state index contributed by atoms with van der Waals surface area (Å²) in [5.41, 5.74) is 7.81. The lowest BCUT2D eigenvalue weighted by Gasteiger charge is -2.36. The first-order valence-corrected chi connectivity index (χ1v) is 9.45. The maximum absolute atomic E-state index is 12.3. The summed E-state index contributed by atoms with van der Waals surface area (Å²) in [6.45, 7) is 4.54. The lowest BCUT2D eigenvalue weighted by Crippen LogP contribution is -2.46. The van der Waals surface area contributed by atoms with E-state index >= 15 is 0 Å². The molecular formula is C22H23N3O3. The number of benzene rings is 2. The summed E-state index contributed by atoms with van der Waals surface area (Å²) in [5, 5.41) is 0.806. The fourth-order valence-electron chi connectivity index (χ4n) is 3.72. The zero-order valence-corrected chi connectivity index (χ0v) is 15.6. The molecule has 0 unspecified atom stereocenters. The second kappa shape index (κ2) is 7.86. The molecule has 1 fully saturated rings. The van der Waals surface area contributed by atoms with Crippen LogP contribution in [-0.2, 0) is 17.8 Å². The standard InChI is InChI=1S/C22H23N3O3/c23-20(26)14-18-13-17-7-4-8-19(21(17)28-22(18)27)25-11-9-24(10-12-25)15-16-5-2-1-3-6-16/h1-8,13H,9-12,14-15H2,(H2,23,26). The largest absolute Gasteiger partial charge is 0.420 e. The summed E-state index contributed by atoms with van der Waals surface area (Å²) in [6.07, 6.45) is -0.110. The van der Waals surface area contributed by atoms with Gasteiger partial charge < -0.3 is 15.1 Å². The lowest BCUT2D eigenvalue weighted by atomic mass is 10.1. The third-order valence-electron chi connectivity index (χ3n) is 5.14. The van der Waals surface area contributed by atoms with Crippen molar-refractivity contribution < 1.29 is 9.21 Å². The van der Waals surface area contributed by atoms with Crippen molar-refractivity contribution in [3.8, 4) is 0 Å². The Balaban J connectivity index is 1.52. The van der Waals surface area contributed by atoms with Crippen LogP contribution in [0.5, 0.6) is 0 Å². The van der Waals surface area contributed by atoms with Crippen molar-refractivity contribution in [1.82, 2.24) is 4.90 Å². The molecule has 6 nitrogen and oxygen atoms in total. The number of fused-ring (bicyclic) bond motifs is 1. The third-order valence-corrected chi connectivity index (χ3v) is 5.14. The van der Waals surface area contributed by atoms with Crippen molar-refractivity contribution in [1.29, 1.82) is 0 Å². The van der Waals surface area contributed by atoms with E-state index in [2.05, 4.69) is 34.1 Å². The second-order valence-corrected chi connectivity index (χ2v) is 7.15. The van der Waals surface area contributed by atoms with E-state index in [-0.39, 0.29) is 6.42 Å². The number of carbonyl (C=O) groups excluding carboxylic acids is 1. The first-order chi connectivity index (χ1) is 13.6. The Kier molecular flexibility index (Phi) is 5.12. The number of nitrogens with zero attached hydrogens (tertiary/aromatic N) is 2. The van der Waals surface area contributed by atoms with Crippen LogP contribution in [-0.4, -0.2) is 37.0 Å². The molecule has 1 aliphatic heterocycles. The van der Waals surface area contributed by atoms with Gasteiger partial charge in [-0.25, -0.2) is 4.79 Å².